The van der Waals surface area contributed by atoms with E-state index in [1.165, 1.54) is 13.8 Å². The highest BCUT2D eigenvalue weighted by atomic mass is 31.1. The van der Waals surface area contributed by atoms with Crippen LogP contribution in [0, 0.1) is 11.3 Å². The Bertz CT molecular complexity index is 185. The van der Waals surface area contributed by atoms with Crippen molar-refractivity contribution in [3.8, 4) is 6.07 Å². The number of hydrogen-bond donors (Lipinski definition) is 0. The van der Waals surface area contributed by atoms with Crippen molar-refractivity contribution in [1.82, 2.24) is 0 Å². The first-order valence-corrected chi connectivity index (χ1v) is 4.32. The van der Waals surface area contributed by atoms with Crippen LogP contribution < -0.4 is 0 Å². The van der Waals surface area contributed by atoms with Gasteiger partial charge in [-0.1, -0.05) is 4.52 Å². The summed E-state index contributed by atoms with van der Waals surface area (Å²) >= 11 is 0. The molecule has 0 saturated carbocycles. The lowest BCUT2D eigenvalue weighted by Gasteiger charge is -2.03. The molecule has 0 rings (SSSR count). The molecule has 0 aromatic rings. The molecule has 0 radical (unpaired) electrons. The van der Waals surface area contributed by atoms with E-state index in [0.717, 1.165) is 0 Å². The Hall–Kier alpha value is -0.490. The lowest BCUT2D eigenvalue weighted by atomic mass is 10.2. The highest BCUT2D eigenvalue weighted by Crippen LogP contribution is 2.30. The molecule has 0 N–H and O–H groups in total. The maximum absolute atomic E-state index is 10.8. The summed E-state index contributed by atoms with van der Waals surface area (Å²) in [6.07, 6.45) is 0. The van der Waals surface area contributed by atoms with Crippen molar-refractivity contribution in [2.24, 2.45) is 0 Å². The fourth-order valence-electron chi connectivity index (χ4n) is 0.339. The Morgan fingerprint density at radius 2 is 2.18 bits per heavy atom. The van der Waals surface area contributed by atoms with Crippen molar-refractivity contribution in [2.75, 3.05) is 6.61 Å². The molecule has 0 saturated heterocycles. The van der Waals surface area contributed by atoms with Gasteiger partial charge in [0.15, 0.2) is 0 Å². The zero-order valence-electron chi connectivity index (χ0n) is 6.83. The van der Waals surface area contributed by atoms with E-state index in [9.17, 15) is 4.57 Å². The van der Waals surface area contributed by atoms with E-state index in [2.05, 4.69) is 4.52 Å². The number of rotatable bonds is 4. The second kappa shape index (κ2) is 4.40. The Kier molecular flexibility index (Phi) is 4.20. The van der Waals surface area contributed by atoms with Crippen molar-refractivity contribution in [1.29, 1.82) is 5.26 Å². The van der Waals surface area contributed by atoms with Gasteiger partial charge in [-0.05, 0) is 20.8 Å². The van der Waals surface area contributed by atoms with Crippen LogP contribution in [0.4, 0.5) is 0 Å². The van der Waals surface area contributed by atoms with Gasteiger partial charge in [0.2, 0.25) is 5.60 Å². The van der Waals surface area contributed by atoms with E-state index in [-0.39, 0.29) is 0 Å². The topological polar surface area (TPSA) is 59.3 Å². The number of hydrogen-bond acceptors (Lipinski definition) is 4. The van der Waals surface area contributed by atoms with E-state index in [0.29, 0.717) is 6.61 Å². The molecule has 0 aliphatic heterocycles. The zero-order chi connectivity index (χ0) is 8.91. The first kappa shape index (κ1) is 10.5. The first-order valence-electron chi connectivity index (χ1n) is 3.22. The summed E-state index contributed by atoms with van der Waals surface area (Å²) in [6, 6.07) is 1.84. The summed E-state index contributed by atoms with van der Waals surface area (Å²) in [5, 5.41) is 8.45. The average molecular weight is 176 g/mol. The molecule has 1 atom stereocenters. The highest BCUT2D eigenvalue weighted by molar-refractivity contribution is 7.33. The molecule has 4 nitrogen and oxygen atoms in total. The summed E-state index contributed by atoms with van der Waals surface area (Å²) in [7, 11) is -2.15. The van der Waals surface area contributed by atoms with Gasteiger partial charge in [-0.25, -0.2) is 0 Å². The number of nitriles is 1. The van der Waals surface area contributed by atoms with Crippen LogP contribution in [-0.2, 0) is 13.6 Å². The molecule has 0 bridgehead atoms. The molecule has 0 spiro atoms. The molecule has 11 heavy (non-hydrogen) atoms. The highest BCUT2D eigenvalue weighted by Gasteiger charge is 2.33. The van der Waals surface area contributed by atoms with Crippen LogP contribution in [0.25, 0.3) is 0 Å². The third-order valence-corrected chi connectivity index (χ3v) is 1.88. The van der Waals surface area contributed by atoms with Crippen molar-refractivity contribution >= 4 is 8.25 Å². The Labute approximate surface area is 67.1 Å². The molecule has 0 fully saturated rings. The minimum Gasteiger partial charge on any atom is -0.195 e. The monoisotopic (exact) mass is 176 g/mol. The quantitative estimate of drug-likeness (QED) is 0.614. The van der Waals surface area contributed by atoms with E-state index in [1.807, 2.05) is 6.07 Å². The predicted octanol–water partition coefficient (Wildman–Crippen LogP) is 2.00. The maximum atomic E-state index is 10.8. The fourth-order valence-corrected chi connectivity index (χ4v) is 1.02. The lowest BCUT2D eigenvalue weighted by molar-refractivity contribution is 0.141. The van der Waals surface area contributed by atoms with E-state index < -0.39 is 13.9 Å². The normalized spacial score (nSPS) is 12.4. The van der Waals surface area contributed by atoms with Gasteiger partial charge in [-0.2, -0.15) is 5.26 Å². The van der Waals surface area contributed by atoms with E-state index in [1.54, 1.807) is 6.92 Å². The van der Waals surface area contributed by atoms with Gasteiger partial charge in [-0.3, -0.25) is 0 Å². The predicted molar refractivity (Wildman–Crippen MR) is 40.0 cm³/mol. The number of nitrogens with zero attached hydrogens (tertiary/aromatic N) is 1. The molecule has 0 aromatic heterocycles. The minimum atomic E-state index is -2.15. The smallest absolute Gasteiger partial charge is 0.195 e. The molecule has 0 aromatic carbocycles. The van der Waals surface area contributed by atoms with E-state index in [4.69, 9.17) is 9.79 Å². The van der Waals surface area contributed by atoms with Gasteiger partial charge in [0.05, 0.1) is 0 Å². The standard InChI is InChI=1S/C6H11NO3P/c1-4-9-11(8)10-6(2,3)5-7/h4H2,1-3H3/q+1. The molecule has 0 amide bonds. The summed E-state index contributed by atoms with van der Waals surface area (Å²) in [5.41, 5.74) is -1.04. The lowest BCUT2D eigenvalue weighted by Crippen LogP contribution is -2.17. The average Bonchev–Trinajstić information content (AvgIpc) is 1.87. The Morgan fingerprint density at radius 1 is 1.64 bits per heavy atom. The molecule has 1 unspecified atom stereocenters. The van der Waals surface area contributed by atoms with Crippen molar-refractivity contribution < 1.29 is 13.6 Å². The molecule has 0 heterocycles. The third-order valence-electron chi connectivity index (χ3n) is 0.807. The molecule has 5 heteroatoms. The van der Waals surface area contributed by atoms with Crippen LogP contribution in [0.2, 0.25) is 0 Å². The van der Waals surface area contributed by atoms with Crippen LogP contribution in [0.3, 0.4) is 0 Å². The van der Waals surface area contributed by atoms with Gasteiger partial charge in [0.25, 0.3) is 0 Å². The van der Waals surface area contributed by atoms with Crippen molar-refractivity contribution in [3.63, 3.8) is 0 Å². The molecule has 0 aliphatic rings. The van der Waals surface area contributed by atoms with Gasteiger partial charge in [0, 0.05) is 4.57 Å². The van der Waals surface area contributed by atoms with Crippen LogP contribution >= 0.6 is 8.25 Å². The summed E-state index contributed by atoms with van der Waals surface area (Å²) in [6.45, 7) is 5.07. The Balaban J connectivity index is 3.86. The van der Waals surface area contributed by atoms with Gasteiger partial charge >= 0.3 is 8.25 Å². The van der Waals surface area contributed by atoms with Gasteiger partial charge in [0.1, 0.15) is 12.7 Å². The molecule has 0 aliphatic carbocycles. The SMILES string of the molecule is CCO[P+](=O)OC(C)(C)C#N. The largest absolute Gasteiger partial charge is 0.699 e. The molecular weight excluding hydrogens is 165 g/mol. The van der Waals surface area contributed by atoms with Gasteiger partial charge in [-0.15, -0.1) is 4.52 Å². The molecular formula is C6H11NO3P+. The van der Waals surface area contributed by atoms with Gasteiger partial charge < -0.3 is 0 Å². The van der Waals surface area contributed by atoms with Crippen molar-refractivity contribution in [3.05, 3.63) is 0 Å². The van der Waals surface area contributed by atoms with Crippen LogP contribution in [-0.4, -0.2) is 12.2 Å². The first-order chi connectivity index (χ1) is 5.02. The van der Waals surface area contributed by atoms with Crippen molar-refractivity contribution in [2.45, 2.75) is 26.4 Å². The Morgan fingerprint density at radius 3 is 2.55 bits per heavy atom. The summed E-state index contributed by atoms with van der Waals surface area (Å²) < 4.78 is 20.1. The maximum Gasteiger partial charge on any atom is 0.699 e. The second-order valence-corrected chi connectivity index (χ2v) is 3.24. The van der Waals surface area contributed by atoms with Crippen LogP contribution in [0.15, 0.2) is 0 Å². The van der Waals surface area contributed by atoms with E-state index >= 15 is 0 Å². The minimum absolute atomic E-state index is 0.316. The summed E-state index contributed by atoms with van der Waals surface area (Å²) in [4.78, 5) is 0. The fraction of sp³-hybridized carbons (Fsp3) is 0.833. The summed E-state index contributed by atoms with van der Waals surface area (Å²) in [5.74, 6) is 0. The van der Waals surface area contributed by atoms with Crippen LogP contribution in [0.1, 0.15) is 20.8 Å². The zero-order valence-corrected chi connectivity index (χ0v) is 7.72. The molecule has 62 valence electrons. The third kappa shape index (κ3) is 4.86. The van der Waals surface area contributed by atoms with Crippen LogP contribution in [0.5, 0.6) is 0 Å². The second-order valence-electron chi connectivity index (χ2n) is 2.35.